The van der Waals surface area contributed by atoms with Gasteiger partial charge in [0.2, 0.25) is 0 Å². The average molecular weight is 351 g/mol. The van der Waals surface area contributed by atoms with Crippen LogP contribution in [0.1, 0.15) is 18.3 Å². The first kappa shape index (κ1) is 17.6. The smallest absolute Gasteiger partial charge is 0.277 e. The van der Waals surface area contributed by atoms with E-state index < -0.39 is 0 Å². The predicted octanol–water partition coefficient (Wildman–Crippen LogP) is 3.74. The minimum absolute atomic E-state index is 0. The second kappa shape index (κ2) is 7.68. The summed E-state index contributed by atoms with van der Waals surface area (Å²) in [7, 11) is 1.92. The average Bonchev–Trinajstić information content (AvgIpc) is 3.16. The molecule has 0 bridgehead atoms. The molecular formula is C16H19ClN4OS. The fraction of sp³-hybridized carbons (Fsp3) is 0.312. The van der Waals surface area contributed by atoms with E-state index in [0.29, 0.717) is 17.8 Å². The normalized spacial score (nSPS) is 12.0. The number of aryl methyl sites for hydroxylation is 1. The summed E-state index contributed by atoms with van der Waals surface area (Å²) >= 11 is 1.59. The van der Waals surface area contributed by atoms with Crippen LogP contribution >= 0.6 is 23.7 Å². The molecule has 0 saturated heterocycles. The van der Waals surface area contributed by atoms with Gasteiger partial charge in [-0.3, -0.25) is 0 Å². The highest BCUT2D eigenvalue weighted by Crippen LogP contribution is 2.30. The summed E-state index contributed by atoms with van der Waals surface area (Å²) in [4.78, 5) is 9.06. The molecule has 2 aromatic heterocycles. The maximum Gasteiger partial charge on any atom is 0.277 e. The molecule has 122 valence electrons. The molecule has 7 heteroatoms. The number of likely N-dealkylation sites (N-methyl/N-ethyl adjacent to an activating group) is 1. The first-order valence-corrected chi connectivity index (χ1v) is 8.07. The fourth-order valence-corrected chi connectivity index (χ4v) is 3.01. The third kappa shape index (κ3) is 3.96. The molecule has 3 aromatic rings. The van der Waals surface area contributed by atoms with E-state index in [0.717, 1.165) is 22.7 Å². The minimum Gasteiger partial charge on any atom is -0.332 e. The van der Waals surface area contributed by atoms with Crippen LogP contribution in [0, 0.1) is 6.92 Å². The third-order valence-electron chi connectivity index (χ3n) is 3.55. The van der Waals surface area contributed by atoms with Crippen molar-refractivity contribution in [3.8, 4) is 22.2 Å². The fourth-order valence-electron chi connectivity index (χ4n) is 2.13. The highest BCUT2D eigenvalue weighted by atomic mass is 35.5. The maximum absolute atomic E-state index is 5.33. The van der Waals surface area contributed by atoms with Gasteiger partial charge in [0.05, 0.1) is 0 Å². The van der Waals surface area contributed by atoms with Gasteiger partial charge in [-0.15, -0.1) is 23.7 Å². The quantitative estimate of drug-likeness (QED) is 0.759. The van der Waals surface area contributed by atoms with Gasteiger partial charge < -0.3 is 9.84 Å². The second-order valence-corrected chi connectivity index (χ2v) is 6.12. The molecule has 1 aromatic carbocycles. The number of halogens is 1. The lowest BCUT2D eigenvalue weighted by atomic mass is 10.1. The maximum atomic E-state index is 5.33. The Morgan fingerprint density at radius 3 is 2.78 bits per heavy atom. The molecule has 0 spiro atoms. The van der Waals surface area contributed by atoms with E-state index in [-0.39, 0.29) is 12.4 Å². The number of thiazole rings is 1. The van der Waals surface area contributed by atoms with Gasteiger partial charge in [-0.1, -0.05) is 29.4 Å². The largest absolute Gasteiger partial charge is 0.332 e. The predicted molar refractivity (Wildman–Crippen MR) is 95.1 cm³/mol. The number of hydrogen-bond acceptors (Lipinski definition) is 6. The van der Waals surface area contributed by atoms with Gasteiger partial charge in [0.25, 0.3) is 5.89 Å². The van der Waals surface area contributed by atoms with Crippen molar-refractivity contribution in [3.05, 3.63) is 41.0 Å². The van der Waals surface area contributed by atoms with Crippen molar-refractivity contribution in [1.82, 2.24) is 20.4 Å². The van der Waals surface area contributed by atoms with Crippen LogP contribution in [-0.2, 0) is 6.42 Å². The zero-order chi connectivity index (χ0) is 15.5. The molecule has 3 rings (SSSR count). The van der Waals surface area contributed by atoms with Crippen LogP contribution in [-0.4, -0.2) is 28.2 Å². The van der Waals surface area contributed by atoms with Crippen LogP contribution < -0.4 is 5.32 Å². The van der Waals surface area contributed by atoms with Crippen LogP contribution in [0.25, 0.3) is 22.2 Å². The number of benzene rings is 1. The van der Waals surface area contributed by atoms with Crippen LogP contribution in [0.15, 0.2) is 34.2 Å². The van der Waals surface area contributed by atoms with E-state index in [9.17, 15) is 0 Å². The molecule has 2 heterocycles. The van der Waals surface area contributed by atoms with Gasteiger partial charge in [0.15, 0.2) is 5.82 Å². The van der Waals surface area contributed by atoms with E-state index in [1.54, 1.807) is 11.3 Å². The van der Waals surface area contributed by atoms with Crippen molar-refractivity contribution < 1.29 is 4.52 Å². The highest BCUT2D eigenvalue weighted by Gasteiger charge is 2.15. The number of nitrogens with one attached hydrogen (secondary N) is 1. The molecule has 1 atom stereocenters. The Morgan fingerprint density at radius 2 is 2.04 bits per heavy atom. The summed E-state index contributed by atoms with van der Waals surface area (Å²) in [5, 5.41) is 10.1. The van der Waals surface area contributed by atoms with Crippen LogP contribution in [0.4, 0.5) is 0 Å². The molecule has 1 N–H and O–H groups in total. The Bertz CT molecular complexity index is 771. The molecule has 0 aliphatic carbocycles. The number of hydrogen-bond donors (Lipinski definition) is 1. The van der Waals surface area contributed by atoms with Crippen molar-refractivity contribution in [2.45, 2.75) is 26.3 Å². The van der Waals surface area contributed by atoms with Crippen LogP contribution in [0.3, 0.4) is 0 Å². The Labute approximate surface area is 145 Å². The summed E-state index contributed by atoms with van der Waals surface area (Å²) in [5.41, 5.74) is 3.08. The lowest BCUT2D eigenvalue weighted by Crippen LogP contribution is -2.24. The number of nitrogens with zero attached hydrogens (tertiary/aromatic N) is 3. The molecular weight excluding hydrogens is 332 g/mol. The van der Waals surface area contributed by atoms with Crippen molar-refractivity contribution in [2.75, 3.05) is 7.05 Å². The monoisotopic (exact) mass is 350 g/mol. The number of rotatable bonds is 5. The molecule has 0 aliphatic rings. The van der Waals surface area contributed by atoms with Crippen molar-refractivity contribution in [2.24, 2.45) is 0 Å². The summed E-state index contributed by atoms with van der Waals surface area (Å²) in [6.07, 6.45) is 0.731. The zero-order valence-electron chi connectivity index (χ0n) is 13.2. The Kier molecular flexibility index (Phi) is 5.87. The molecule has 1 unspecified atom stereocenters. The molecule has 0 aliphatic heterocycles. The van der Waals surface area contributed by atoms with Gasteiger partial charge in [0, 0.05) is 23.4 Å². The van der Waals surface area contributed by atoms with Crippen LogP contribution in [0.2, 0.25) is 0 Å². The summed E-state index contributed by atoms with van der Waals surface area (Å²) in [5.74, 6) is 1.18. The third-order valence-corrected chi connectivity index (χ3v) is 4.42. The Morgan fingerprint density at radius 1 is 1.26 bits per heavy atom. The zero-order valence-corrected chi connectivity index (χ0v) is 14.9. The van der Waals surface area contributed by atoms with Crippen molar-refractivity contribution >= 4 is 23.7 Å². The first-order valence-electron chi connectivity index (χ1n) is 7.19. The molecule has 0 radical (unpaired) electrons. The summed E-state index contributed by atoms with van der Waals surface area (Å²) < 4.78 is 5.33. The molecule has 23 heavy (non-hydrogen) atoms. The second-order valence-electron chi connectivity index (χ2n) is 5.26. The highest BCUT2D eigenvalue weighted by molar-refractivity contribution is 7.13. The summed E-state index contributed by atoms with van der Waals surface area (Å²) in [6.45, 7) is 4.16. The van der Waals surface area contributed by atoms with Gasteiger partial charge in [0.1, 0.15) is 10.7 Å². The topological polar surface area (TPSA) is 63.8 Å². The SMILES string of the molecule is CNC(C)Cc1noc(-c2csc(-c3ccccc3C)n2)n1.Cl. The standard InChI is InChI=1S/C16H18N4OS.ClH/c1-10-6-4-5-7-12(10)16-18-13(9-22-16)15-19-14(20-21-15)8-11(2)17-3;/h4-7,9,11,17H,8H2,1-3H3;1H. The van der Waals surface area contributed by atoms with Crippen molar-refractivity contribution in [1.29, 1.82) is 0 Å². The molecule has 0 amide bonds. The van der Waals surface area contributed by atoms with E-state index in [1.165, 1.54) is 5.56 Å². The van der Waals surface area contributed by atoms with Gasteiger partial charge in [-0.2, -0.15) is 4.98 Å². The molecule has 5 nitrogen and oxygen atoms in total. The van der Waals surface area contributed by atoms with Gasteiger partial charge in [-0.05, 0) is 26.5 Å². The van der Waals surface area contributed by atoms with Gasteiger partial charge in [-0.25, -0.2) is 4.98 Å². The van der Waals surface area contributed by atoms with E-state index in [1.807, 2.05) is 24.6 Å². The Hall–Kier alpha value is -1.76. The van der Waals surface area contributed by atoms with E-state index in [4.69, 9.17) is 4.52 Å². The Balaban J connectivity index is 0.00000192. The van der Waals surface area contributed by atoms with Crippen LogP contribution in [0.5, 0.6) is 0 Å². The summed E-state index contributed by atoms with van der Waals surface area (Å²) in [6, 6.07) is 8.52. The lowest BCUT2D eigenvalue weighted by Gasteiger charge is -2.04. The van der Waals surface area contributed by atoms with Gasteiger partial charge >= 0.3 is 0 Å². The van der Waals surface area contributed by atoms with Crippen molar-refractivity contribution in [3.63, 3.8) is 0 Å². The lowest BCUT2D eigenvalue weighted by molar-refractivity contribution is 0.417. The first-order chi connectivity index (χ1) is 10.7. The number of aromatic nitrogens is 3. The molecule has 0 saturated carbocycles. The molecule has 0 fully saturated rings. The minimum atomic E-state index is 0. The van der Waals surface area contributed by atoms with E-state index in [2.05, 4.69) is 46.4 Å². The van der Waals surface area contributed by atoms with E-state index >= 15 is 0 Å².